The fourth-order valence-electron chi connectivity index (χ4n) is 2.49. The summed E-state index contributed by atoms with van der Waals surface area (Å²) in [5.74, 6) is -0.298. The van der Waals surface area contributed by atoms with Crippen LogP contribution in [0.1, 0.15) is 31.2 Å². The third-order valence-electron chi connectivity index (χ3n) is 3.80. The summed E-state index contributed by atoms with van der Waals surface area (Å²) >= 11 is 5.69. The summed E-state index contributed by atoms with van der Waals surface area (Å²) in [7, 11) is 0. The largest absolute Gasteiger partial charge is 0.330 e. The first kappa shape index (κ1) is 13.5. The van der Waals surface area contributed by atoms with Crippen molar-refractivity contribution in [1.82, 2.24) is 0 Å². The third kappa shape index (κ3) is 2.90. The minimum atomic E-state index is -0.453. The maximum absolute atomic E-state index is 13.0. The topological polar surface area (TPSA) is 43.1 Å². The highest BCUT2D eigenvalue weighted by Crippen LogP contribution is 2.43. The number of halogens is 2. The van der Waals surface area contributed by atoms with Crippen molar-refractivity contribution in [1.29, 1.82) is 0 Å². The zero-order valence-corrected chi connectivity index (χ0v) is 11.0. The van der Waals surface area contributed by atoms with Crippen LogP contribution in [0.5, 0.6) is 0 Å². The third-order valence-corrected chi connectivity index (χ3v) is 4.09. The molecule has 1 fully saturated rings. The van der Waals surface area contributed by atoms with Gasteiger partial charge in [0.1, 0.15) is 11.6 Å². The van der Waals surface area contributed by atoms with Crippen molar-refractivity contribution >= 4 is 17.4 Å². The number of carbonyl (C=O) groups is 1. The molecule has 1 aromatic rings. The zero-order chi connectivity index (χ0) is 13.2. The van der Waals surface area contributed by atoms with Gasteiger partial charge in [-0.15, -0.1) is 0 Å². The Morgan fingerprint density at radius 2 is 2.17 bits per heavy atom. The molecular weight excluding hydrogens is 253 g/mol. The van der Waals surface area contributed by atoms with E-state index in [1.807, 2.05) is 0 Å². The van der Waals surface area contributed by atoms with E-state index < -0.39 is 5.82 Å². The molecule has 1 saturated carbocycles. The minimum absolute atomic E-state index is 0.0287. The molecular formula is C14H17ClFNO. The Kier molecular flexibility index (Phi) is 4.03. The fraction of sp³-hybridized carbons (Fsp3) is 0.500. The Morgan fingerprint density at radius 1 is 1.44 bits per heavy atom. The number of hydrogen-bond donors (Lipinski definition) is 1. The molecule has 0 bridgehead atoms. The normalized spacial score (nSPS) is 17.3. The van der Waals surface area contributed by atoms with Crippen LogP contribution in [0.3, 0.4) is 0 Å². The lowest BCUT2D eigenvalue weighted by Gasteiger charge is -2.40. The van der Waals surface area contributed by atoms with E-state index >= 15 is 0 Å². The van der Waals surface area contributed by atoms with E-state index in [-0.39, 0.29) is 16.2 Å². The van der Waals surface area contributed by atoms with Crippen molar-refractivity contribution < 1.29 is 9.18 Å². The zero-order valence-electron chi connectivity index (χ0n) is 10.2. The molecule has 0 aromatic heterocycles. The molecule has 2 rings (SSSR count). The number of carbonyl (C=O) groups excluding carboxylic acids is 1. The van der Waals surface area contributed by atoms with Gasteiger partial charge in [-0.1, -0.05) is 24.1 Å². The molecule has 0 atom stereocenters. The summed E-state index contributed by atoms with van der Waals surface area (Å²) in [5.41, 5.74) is 6.52. The number of Topliss-reactive ketones (excluding diaryl/α,β-unsaturated/α-hetero) is 1. The smallest absolute Gasteiger partial charge is 0.141 e. The first-order chi connectivity index (χ1) is 8.54. The van der Waals surface area contributed by atoms with Crippen LogP contribution < -0.4 is 5.73 Å². The first-order valence-corrected chi connectivity index (χ1v) is 6.58. The van der Waals surface area contributed by atoms with Gasteiger partial charge in [0.05, 0.1) is 5.02 Å². The summed E-state index contributed by atoms with van der Waals surface area (Å²) in [6.45, 7) is 0.572. The van der Waals surface area contributed by atoms with E-state index in [9.17, 15) is 9.18 Å². The van der Waals surface area contributed by atoms with Gasteiger partial charge in [-0.25, -0.2) is 4.39 Å². The van der Waals surface area contributed by atoms with Gasteiger partial charge in [-0.05, 0) is 42.5 Å². The molecule has 0 amide bonds. The van der Waals surface area contributed by atoms with Crippen molar-refractivity contribution in [3.05, 3.63) is 34.6 Å². The number of ketones is 1. The highest BCUT2D eigenvalue weighted by molar-refractivity contribution is 6.30. The average molecular weight is 270 g/mol. The van der Waals surface area contributed by atoms with Gasteiger partial charge in [-0.2, -0.15) is 0 Å². The van der Waals surface area contributed by atoms with E-state index in [1.165, 1.54) is 12.1 Å². The average Bonchev–Trinajstić information content (AvgIpc) is 2.29. The SMILES string of the molecule is NCC1(CC(=O)Cc2ccc(F)c(Cl)c2)CCC1. The lowest BCUT2D eigenvalue weighted by molar-refractivity contribution is -0.122. The minimum Gasteiger partial charge on any atom is -0.330 e. The van der Waals surface area contributed by atoms with Crippen LogP contribution in [0.4, 0.5) is 4.39 Å². The Labute approximate surface area is 111 Å². The quantitative estimate of drug-likeness (QED) is 0.893. The van der Waals surface area contributed by atoms with E-state index in [2.05, 4.69) is 0 Å². The van der Waals surface area contributed by atoms with Crippen molar-refractivity contribution in [3.63, 3.8) is 0 Å². The summed E-state index contributed by atoms with van der Waals surface area (Å²) in [6.07, 6.45) is 4.08. The molecule has 0 heterocycles. The molecule has 4 heteroatoms. The second kappa shape index (κ2) is 5.37. The molecule has 1 aromatic carbocycles. The lowest BCUT2D eigenvalue weighted by atomic mass is 9.65. The molecule has 18 heavy (non-hydrogen) atoms. The van der Waals surface area contributed by atoms with Gasteiger partial charge in [0, 0.05) is 12.8 Å². The van der Waals surface area contributed by atoms with E-state index in [0.717, 1.165) is 24.8 Å². The second-order valence-corrected chi connectivity index (χ2v) is 5.61. The van der Waals surface area contributed by atoms with E-state index in [0.29, 0.717) is 19.4 Å². The maximum Gasteiger partial charge on any atom is 0.141 e. The summed E-state index contributed by atoms with van der Waals surface area (Å²) in [5, 5.41) is 0.0671. The predicted molar refractivity (Wildman–Crippen MR) is 70.1 cm³/mol. The molecule has 0 unspecified atom stereocenters. The second-order valence-electron chi connectivity index (χ2n) is 5.20. The molecule has 0 radical (unpaired) electrons. The highest BCUT2D eigenvalue weighted by atomic mass is 35.5. The first-order valence-electron chi connectivity index (χ1n) is 6.20. The van der Waals surface area contributed by atoms with Crippen LogP contribution >= 0.6 is 11.6 Å². The Morgan fingerprint density at radius 3 is 2.67 bits per heavy atom. The Bertz CT molecular complexity index is 452. The number of nitrogens with two attached hydrogens (primary N) is 1. The van der Waals surface area contributed by atoms with Crippen molar-refractivity contribution in [3.8, 4) is 0 Å². The summed E-state index contributed by atoms with van der Waals surface area (Å²) in [6, 6.07) is 4.42. The van der Waals surface area contributed by atoms with Gasteiger partial charge in [-0.3, -0.25) is 4.79 Å². The Hall–Kier alpha value is -0.930. The van der Waals surface area contributed by atoms with Gasteiger partial charge in [0.2, 0.25) is 0 Å². The van der Waals surface area contributed by atoms with Crippen molar-refractivity contribution in [2.45, 2.75) is 32.1 Å². The standard InChI is InChI=1S/C14H17ClFNO/c15-12-7-10(2-3-13(12)16)6-11(18)8-14(9-17)4-1-5-14/h2-3,7H,1,4-6,8-9,17H2. The monoisotopic (exact) mass is 269 g/mol. The Balaban J connectivity index is 1.96. The lowest BCUT2D eigenvalue weighted by Crippen LogP contribution is -2.39. The fourth-order valence-corrected chi connectivity index (χ4v) is 2.69. The number of rotatable bonds is 5. The molecule has 2 N–H and O–H groups in total. The molecule has 0 spiro atoms. The van der Waals surface area contributed by atoms with Gasteiger partial charge >= 0.3 is 0 Å². The van der Waals surface area contributed by atoms with E-state index in [1.54, 1.807) is 6.07 Å². The molecule has 98 valence electrons. The van der Waals surface area contributed by atoms with E-state index in [4.69, 9.17) is 17.3 Å². The van der Waals surface area contributed by atoms with Gasteiger partial charge in [0.15, 0.2) is 0 Å². The molecule has 0 saturated heterocycles. The van der Waals surface area contributed by atoms with Crippen LogP contribution in [0.25, 0.3) is 0 Å². The summed E-state index contributed by atoms with van der Waals surface area (Å²) < 4.78 is 13.0. The van der Waals surface area contributed by atoms with Crippen LogP contribution in [-0.2, 0) is 11.2 Å². The maximum atomic E-state index is 13.0. The highest BCUT2D eigenvalue weighted by Gasteiger charge is 2.37. The van der Waals surface area contributed by atoms with Gasteiger partial charge < -0.3 is 5.73 Å². The number of benzene rings is 1. The number of hydrogen-bond acceptors (Lipinski definition) is 2. The van der Waals surface area contributed by atoms with Crippen LogP contribution in [0.15, 0.2) is 18.2 Å². The van der Waals surface area contributed by atoms with Crippen molar-refractivity contribution in [2.24, 2.45) is 11.1 Å². The van der Waals surface area contributed by atoms with Crippen LogP contribution in [0.2, 0.25) is 5.02 Å². The molecule has 1 aliphatic rings. The molecule has 2 nitrogen and oxygen atoms in total. The molecule has 1 aliphatic carbocycles. The predicted octanol–water partition coefficient (Wildman–Crippen LogP) is 3.11. The van der Waals surface area contributed by atoms with Crippen molar-refractivity contribution in [2.75, 3.05) is 6.54 Å². The van der Waals surface area contributed by atoms with Crippen LogP contribution in [-0.4, -0.2) is 12.3 Å². The molecule has 0 aliphatic heterocycles. The summed E-state index contributed by atoms with van der Waals surface area (Å²) in [4.78, 5) is 12.0. The van der Waals surface area contributed by atoms with Gasteiger partial charge in [0.25, 0.3) is 0 Å². The van der Waals surface area contributed by atoms with Crippen LogP contribution in [0, 0.1) is 11.2 Å².